The maximum atomic E-state index is 12.1. The van der Waals surface area contributed by atoms with Crippen LogP contribution in [0.25, 0.3) is 0 Å². The molecule has 0 radical (unpaired) electrons. The van der Waals surface area contributed by atoms with Crippen molar-refractivity contribution in [3.63, 3.8) is 0 Å². The summed E-state index contributed by atoms with van der Waals surface area (Å²) >= 11 is 0. The number of halogens is 1. The quantitative estimate of drug-likeness (QED) is 0.246. The summed E-state index contributed by atoms with van der Waals surface area (Å²) in [6.07, 6.45) is 2.76. The van der Waals surface area contributed by atoms with E-state index in [9.17, 15) is 4.79 Å². The lowest BCUT2D eigenvalue weighted by Gasteiger charge is -2.34. The number of guanidine groups is 1. The molecule has 1 aliphatic heterocycles. The highest BCUT2D eigenvalue weighted by molar-refractivity contribution is 14.0. The summed E-state index contributed by atoms with van der Waals surface area (Å²) in [5.74, 6) is 2.06. The van der Waals surface area contributed by atoms with Gasteiger partial charge in [0.25, 0.3) is 0 Å². The third-order valence-corrected chi connectivity index (χ3v) is 4.69. The highest BCUT2D eigenvalue weighted by atomic mass is 127. The molecule has 29 heavy (non-hydrogen) atoms. The van der Waals surface area contributed by atoms with Gasteiger partial charge < -0.3 is 24.4 Å². The number of likely N-dealkylation sites (tertiary alicyclic amines) is 1. The van der Waals surface area contributed by atoms with Gasteiger partial charge in [-0.25, -0.2) is 0 Å². The molecular formula is C21H34IN3O4. The molecule has 1 N–H and O–H groups in total. The molecule has 1 aromatic rings. The maximum Gasteiger partial charge on any atom is 0.310 e. The zero-order valence-corrected chi connectivity index (χ0v) is 20.2. The van der Waals surface area contributed by atoms with E-state index in [2.05, 4.69) is 22.1 Å². The van der Waals surface area contributed by atoms with Gasteiger partial charge in [0.1, 0.15) is 0 Å². The predicted molar refractivity (Wildman–Crippen MR) is 125 cm³/mol. The van der Waals surface area contributed by atoms with Crippen LogP contribution in [-0.4, -0.2) is 57.3 Å². The van der Waals surface area contributed by atoms with E-state index in [0.29, 0.717) is 26.3 Å². The Morgan fingerprint density at radius 2 is 2.10 bits per heavy atom. The number of nitrogens with one attached hydrogen (secondary N) is 1. The van der Waals surface area contributed by atoms with Gasteiger partial charge in [-0.1, -0.05) is 13.0 Å². The molecule has 1 aromatic carbocycles. The fourth-order valence-electron chi connectivity index (χ4n) is 3.29. The van der Waals surface area contributed by atoms with Crippen LogP contribution in [0.15, 0.2) is 23.2 Å². The molecule has 0 saturated carbocycles. The molecule has 164 valence electrons. The summed E-state index contributed by atoms with van der Waals surface area (Å²) in [4.78, 5) is 18.6. The van der Waals surface area contributed by atoms with Crippen LogP contribution < -0.4 is 14.8 Å². The summed E-state index contributed by atoms with van der Waals surface area (Å²) in [5.41, 5.74) is 1.07. The lowest BCUT2D eigenvalue weighted by atomic mass is 9.98. The molecule has 1 saturated heterocycles. The summed E-state index contributed by atoms with van der Waals surface area (Å²) in [5, 5.41) is 3.39. The van der Waals surface area contributed by atoms with E-state index in [0.717, 1.165) is 48.8 Å². The van der Waals surface area contributed by atoms with Gasteiger partial charge in [0.15, 0.2) is 17.5 Å². The molecule has 7 nitrogen and oxygen atoms in total. The summed E-state index contributed by atoms with van der Waals surface area (Å²) in [6.45, 7) is 7.11. The normalized spacial score (nSPS) is 16.6. The van der Waals surface area contributed by atoms with Crippen molar-refractivity contribution in [1.29, 1.82) is 0 Å². The number of nitrogens with zero attached hydrogens (tertiary/aromatic N) is 2. The van der Waals surface area contributed by atoms with Crippen molar-refractivity contribution >= 4 is 35.9 Å². The fraction of sp³-hybridized carbons (Fsp3) is 0.619. The van der Waals surface area contributed by atoms with Gasteiger partial charge in [-0.15, -0.1) is 24.0 Å². The van der Waals surface area contributed by atoms with Gasteiger partial charge >= 0.3 is 5.97 Å². The zero-order valence-electron chi connectivity index (χ0n) is 17.9. The highest BCUT2D eigenvalue weighted by Gasteiger charge is 2.28. The zero-order chi connectivity index (χ0) is 20.4. The van der Waals surface area contributed by atoms with E-state index in [4.69, 9.17) is 14.2 Å². The Kier molecular flexibility index (Phi) is 11.8. The second kappa shape index (κ2) is 13.5. The topological polar surface area (TPSA) is 72.4 Å². The number of piperidine rings is 1. The smallest absolute Gasteiger partial charge is 0.310 e. The number of ether oxygens (including phenoxy) is 3. The van der Waals surface area contributed by atoms with Crippen LogP contribution in [0, 0.1) is 5.92 Å². The average Bonchev–Trinajstić information content (AvgIpc) is 2.73. The third kappa shape index (κ3) is 7.56. The highest BCUT2D eigenvalue weighted by Crippen LogP contribution is 2.28. The second-order valence-electron chi connectivity index (χ2n) is 6.77. The number of carbonyl (C=O) groups excluding carboxylic acids is 1. The van der Waals surface area contributed by atoms with Crippen molar-refractivity contribution in [1.82, 2.24) is 10.2 Å². The number of esters is 1. The number of rotatable bonds is 8. The monoisotopic (exact) mass is 519 g/mol. The van der Waals surface area contributed by atoms with Crippen LogP contribution in [-0.2, 0) is 16.1 Å². The molecule has 1 atom stereocenters. The molecule has 0 spiro atoms. The number of hydrogen-bond donors (Lipinski definition) is 1. The van der Waals surface area contributed by atoms with Crippen molar-refractivity contribution in [3.8, 4) is 11.5 Å². The SMILES string of the molecule is CCCOc1ccc(CNC(=NC)N2CCCC(C(=O)OCC)C2)cc1OC.I. The van der Waals surface area contributed by atoms with Crippen molar-refractivity contribution in [2.45, 2.75) is 39.7 Å². The van der Waals surface area contributed by atoms with Crippen LogP contribution in [0.4, 0.5) is 0 Å². The maximum absolute atomic E-state index is 12.1. The second-order valence-corrected chi connectivity index (χ2v) is 6.77. The molecule has 0 bridgehead atoms. The first-order valence-corrected chi connectivity index (χ1v) is 10.0. The van der Waals surface area contributed by atoms with Gasteiger partial charge in [0.2, 0.25) is 0 Å². The molecule has 1 unspecified atom stereocenters. The Morgan fingerprint density at radius 1 is 1.31 bits per heavy atom. The van der Waals surface area contributed by atoms with Crippen molar-refractivity contribution in [2.75, 3.05) is 40.5 Å². The van der Waals surface area contributed by atoms with Crippen LogP contribution >= 0.6 is 24.0 Å². The molecule has 1 heterocycles. The van der Waals surface area contributed by atoms with E-state index >= 15 is 0 Å². The number of benzene rings is 1. The summed E-state index contributed by atoms with van der Waals surface area (Å²) < 4.78 is 16.3. The Bertz CT molecular complexity index is 669. The molecule has 0 amide bonds. The van der Waals surface area contributed by atoms with Crippen LogP contribution in [0.5, 0.6) is 11.5 Å². The molecular weight excluding hydrogens is 485 g/mol. The Balaban J connectivity index is 0.00000420. The summed E-state index contributed by atoms with van der Waals surface area (Å²) in [7, 11) is 3.41. The van der Waals surface area contributed by atoms with Gasteiger partial charge in [-0.2, -0.15) is 0 Å². The molecule has 1 aliphatic rings. The fourth-order valence-corrected chi connectivity index (χ4v) is 3.29. The molecule has 1 fully saturated rings. The van der Waals surface area contributed by atoms with E-state index in [1.54, 1.807) is 14.2 Å². The molecule has 0 aromatic heterocycles. The Labute approximate surface area is 191 Å². The van der Waals surface area contributed by atoms with Crippen LogP contribution in [0.3, 0.4) is 0 Å². The van der Waals surface area contributed by atoms with Crippen LogP contribution in [0.2, 0.25) is 0 Å². The van der Waals surface area contributed by atoms with Crippen molar-refractivity contribution < 1.29 is 19.0 Å². The molecule has 0 aliphatic carbocycles. The number of methoxy groups -OCH3 is 1. The van der Waals surface area contributed by atoms with E-state index in [-0.39, 0.29) is 35.9 Å². The molecule has 8 heteroatoms. The number of hydrogen-bond acceptors (Lipinski definition) is 5. The minimum absolute atomic E-state index is 0. The van der Waals surface area contributed by atoms with Crippen LogP contribution in [0.1, 0.15) is 38.7 Å². The minimum Gasteiger partial charge on any atom is -0.493 e. The summed E-state index contributed by atoms with van der Waals surface area (Å²) in [6, 6.07) is 5.93. The Hall–Kier alpha value is -1.71. The van der Waals surface area contributed by atoms with Gasteiger partial charge in [-0.05, 0) is 43.9 Å². The predicted octanol–water partition coefficient (Wildman–Crippen LogP) is 3.45. The number of aliphatic imine (C=N–C) groups is 1. The van der Waals surface area contributed by atoms with Crippen molar-refractivity contribution in [3.05, 3.63) is 23.8 Å². The lowest BCUT2D eigenvalue weighted by Crippen LogP contribution is -2.48. The third-order valence-electron chi connectivity index (χ3n) is 4.69. The first-order chi connectivity index (χ1) is 13.6. The van der Waals surface area contributed by atoms with E-state index in [1.807, 2.05) is 25.1 Å². The van der Waals surface area contributed by atoms with E-state index < -0.39 is 0 Å². The first-order valence-electron chi connectivity index (χ1n) is 10.0. The standard InChI is InChI=1S/C21H33N3O4.HI/c1-5-12-28-18-10-9-16(13-19(18)26-4)14-23-21(22-3)24-11-7-8-17(15-24)20(25)27-6-2;/h9-10,13,17H,5-8,11-12,14-15H2,1-4H3,(H,22,23);1H. The van der Waals surface area contributed by atoms with Gasteiger partial charge in [-0.3, -0.25) is 9.79 Å². The number of carbonyl (C=O) groups is 1. The van der Waals surface area contributed by atoms with E-state index in [1.165, 1.54) is 0 Å². The largest absolute Gasteiger partial charge is 0.493 e. The van der Waals surface area contributed by atoms with Gasteiger partial charge in [0, 0.05) is 26.7 Å². The van der Waals surface area contributed by atoms with Crippen molar-refractivity contribution in [2.24, 2.45) is 10.9 Å². The first kappa shape index (κ1) is 25.3. The minimum atomic E-state index is -0.116. The van der Waals surface area contributed by atoms with Gasteiger partial charge in [0.05, 0.1) is 26.2 Å². The molecule has 2 rings (SSSR count). The lowest BCUT2D eigenvalue weighted by molar-refractivity contribution is -0.149. The Morgan fingerprint density at radius 3 is 2.76 bits per heavy atom. The average molecular weight is 519 g/mol.